The van der Waals surface area contributed by atoms with Gasteiger partial charge in [0.1, 0.15) is 18.0 Å². The first-order chi connectivity index (χ1) is 9.20. The first-order valence-electron chi connectivity index (χ1n) is 6.74. The number of rotatable bonds is 2. The van der Waals surface area contributed by atoms with Gasteiger partial charge in [0.05, 0.1) is 0 Å². The zero-order chi connectivity index (χ0) is 13.4. The Balaban J connectivity index is 1.83. The summed E-state index contributed by atoms with van der Waals surface area (Å²) in [7, 11) is 1.87. The molecule has 0 aromatic carbocycles. The Bertz CT molecular complexity index is 504. The lowest BCUT2D eigenvalue weighted by Crippen LogP contribution is -2.51. The lowest BCUT2D eigenvalue weighted by Gasteiger charge is -2.38. The molecule has 6 heteroatoms. The standard InChI is InChI=1S/C13H19N5O/c1-9-12(14-2)15-8-16-13(9)17-5-6-18-10(7-17)3-4-11(18)19/h8,10H,3-7H2,1-2H3,(H,14,15,16). The number of carbonyl (C=O) groups excluding carboxylic acids is 1. The minimum absolute atomic E-state index is 0.306. The summed E-state index contributed by atoms with van der Waals surface area (Å²) in [6.45, 7) is 4.57. The fraction of sp³-hybridized carbons (Fsp3) is 0.615. The van der Waals surface area contributed by atoms with Crippen LogP contribution in [0.2, 0.25) is 0 Å². The van der Waals surface area contributed by atoms with Gasteiger partial charge in [0.15, 0.2) is 0 Å². The van der Waals surface area contributed by atoms with Crippen LogP contribution >= 0.6 is 0 Å². The molecule has 1 unspecified atom stereocenters. The topological polar surface area (TPSA) is 61.4 Å². The van der Waals surface area contributed by atoms with Gasteiger partial charge < -0.3 is 15.1 Å². The quantitative estimate of drug-likeness (QED) is 0.846. The molecule has 0 spiro atoms. The number of fused-ring (bicyclic) bond motifs is 1. The summed E-state index contributed by atoms with van der Waals surface area (Å²) in [4.78, 5) is 24.6. The number of piperazine rings is 1. The molecule has 2 aliphatic rings. The highest BCUT2D eigenvalue weighted by Gasteiger charge is 2.36. The number of aromatic nitrogens is 2. The van der Waals surface area contributed by atoms with Crippen LogP contribution in [-0.4, -0.2) is 53.5 Å². The maximum Gasteiger partial charge on any atom is 0.223 e. The van der Waals surface area contributed by atoms with Crippen LogP contribution in [0.4, 0.5) is 11.6 Å². The lowest BCUT2D eigenvalue weighted by molar-refractivity contribution is -0.129. The number of anilines is 2. The first kappa shape index (κ1) is 12.2. The number of amides is 1. The molecule has 0 bridgehead atoms. The average Bonchev–Trinajstić information content (AvgIpc) is 2.80. The largest absolute Gasteiger partial charge is 0.373 e. The van der Waals surface area contributed by atoms with Crippen molar-refractivity contribution in [2.45, 2.75) is 25.8 Å². The van der Waals surface area contributed by atoms with E-state index in [0.717, 1.165) is 43.3 Å². The second kappa shape index (κ2) is 4.68. The number of hydrogen-bond donors (Lipinski definition) is 1. The summed E-state index contributed by atoms with van der Waals surface area (Å²) in [6, 6.07) is 0.355. The van der Waals surface area contributed by atoms with Gasteiger partial charge in [-0.1, -0.05) is 0 Å². The minimum atomic E-state index is 0.306. The molecule has 1 amide bonds. The van der Waals surface area contributed by atoms with E-state index >= 15 is 0 Å². The molecule has 0 aliphatic carbocycles. The summed E-state index contributed by atoms with van der Waals surface area (Å²) < 4.78 is 0. The minimum Gasteiger partial charge on any atom is -0.373 e. The van der Waals surface area contributed by atoms with Gasteiger partial charge >= 0.3 is 0 Å². The van der Waals surface area contributed by atoms with Crippen molar-refractivity contribution in [2.75, 3.05) is 36.9 Å². The van der Waals surface area contributed by atoms with Crippen LogP contribution < -0.4 is 10.2 Å². The number of hydrogen-bond acceptors (Lipinski definition) is 5. The lowest BCUT2D eigenvalue weighted by atomic mass is 10.1. The van der Waals surface area contributed by atoms with Crippen LogP contribution in [0.3, 0.4) is 0 Å². The molecule has 3 rings (SSSR count). The third kappa shape index (κ3) is 2.01. The molecule has 1 aromatic rings. The van der Waals surface area contributed by atoms with Crippen molar-refractivity contribution in [1.82, 2.24) is 14.9 Å². The van der Waals surface area contributed by atoms with Crippen molar-refractivity contribution in [1.29, 1.82) is 0 Å². The molecular formula is C13H19N5O. The molecule has 0 saturated carbocycles. The van der Waals surface area contributed by atoms with E-state index in [2.05, 4.69) is 20.2 Å². The van der Waals surface area contributed by atoms with Gasteiger partial charge in [-0.15, -0.1) is 0 Å². The highest BCUT2D eigenvalue weighted by molar-refractivity contribution is 5.79. The van der Waals surface area contributed by atoms with Crippen LogP contribution in [-0.2, 0) is 4.79 Å². The number of carbonyl (C=O) groups is 1. The maximum atomic E-state index is 11.7. The van der Waals surface area contributed by atoms with E-state index < -0.39 is 0 Å². The zero-order valence-electron chi connectivity index (χ0n) is 11.4. The normalized spacial score (nSPS) is 22.6. The molecule has 2 saturated heterocycles. The van der Waals surface area contributed by atoms with Gasteiger partial charge in [-0.25, -0.2) is 9.97 Å². The van der Waals surface area contributed by atoms with Crippen LogP contribution in [0.5, 0.6) is 0 Å². The van der Waals surface area contributed by atoms with Crippen molar-refractivity contribution >= 4 is 17.5 Å². The van der Waals surface area contributed by atoms with E-state index in [1.807, 2.05) is 18.9 Å². The first-order valence-corrected chi connectivity index (χ1v) is 6.74. The fourth-order valence-electron chi connectivity index (χ4n) is 3.07. The molecule has 3 heterocycles. The molecule has 19 heavy (non-hydrogen) atoms. The molecular weight excluding hydrogens is 242 g/mol. The Kier molecular flexibility index (Phi) is 3.00. The summed E-state index contributed by atoms with van der Waals surface area (Å²) in [5.74, 6) is 2.16. The average molecular weight is 261 g/mol. The highest BCUT2D eigenvalue weighted by Crippen LogP contribution is 2.28. The Hall–Kier alpha value is -1.85. The van der Waals surface area contributed by atoms with Gasteiger partial charge in [0.25, 0.3) is 0 Å². The summed E-state index contributed by atoms with van der Waals surface area (Å²) in [6.07, 6.45) is 3.27. The van der Waals surface area contributed by atoms with Crippen molar-refractivity contribution < 1.29 is 4.79 Å². The SMILES string of the molecule is CNc1ncnc(N2CCN3C(=O)CCC3C2)c1C. The van der Waals surface area contributed by atoms with E-state index in [1.165, 1.54) is 0 Å². The van der Waals surface area contributed by atoms with E-state index in [9.17, 15) is 4.79 Å². The fourth-order valence-corrected chi connectivity index (χ4v) is 3.07. The molecule has 1 N–H and O–H groups in total. The summed E-state index contributed by atoms with van der Waals surface area (Å²) >= 11 is 0. The highest BCUT2D eigenvalue weighted by atomic mass is 16.2. The molecule has 1 aromatic heterocycles. The second-order valence-corrected chi connectivity index (χ2v) is 5.15. The Morgan fingerprint density at radius 3 is 3.00 bits per heavy atom. The van der Waals surface area contributed by atoms with Crippen molar-refractivity contribution in [3.05, 3.63) is 11.9 Å². The number of nitrogens with zero attached hydrogens (tertiary/aromatic N) is 4. The molecule has 1 atom stereocenters. The molecule has 2 aliphatic heterocycles. The number of nitrogens with one attached hydrogen (secondary N) is 1. The van der Waals surface area contributed by atoms with E-state index in [4.69, 9.17) is 0 Å². The van der Waals surface area contributed by atoms with Crippen LogP contribution in [0.1, 0.15) is 18.4 Å². The van der Waals surface area contributed by atoms with Crippen molar-refractivity contribution in [2.24, 2.45) is 0 Å². The molecule has 2 fully saturated rings. The van der Waals surface area contributed by atoms with Gasteiger partial charge in [0, 0.05) is 44.7 Å². The van der Waals surface area contributed by atoms with E-state index in [0.29, 0.717) is 18.4 Å². The Morgan fingerprint density at radius 2 is 2.21 bits per heavy atom. The van der Waals surface area contributed by atoms with Gasteiger partial charge in [0.2, 0.25) is 5.91 Å². The third-order valence-corrected chi connectivity index (χ3v) is 4.09. The molecule has 6 nitrogen and oxygen atoms in total. The predicted molar refractivity (Wildman–Crippen MR) is 73.3 cm³/mol. The smallest absolute Gasteiger partial charge is 0.223 e. The summed E-state index contributed by atoms with van der Waals surface area (Å²) in [5.41, 5.74) is 1.07. The van der Waals surface area contributed by atoms with Gasteiger partial charge in [-0.2, -0.15) is 0 Å². The molecule has 102 valence electrons. The predicted octanol–water partition coefficient (Wildman–Crippen LogP) is 0.638. The third-order valence-electron chi connectivity index (χ3n) is 4.09. The zero-order valence-corrected chi connectivity index (χ0v) is 11.4. The Labute approximate surface area is 112 Å². The van der Waals surface area contributed by atoms with Gasteiger partial charge in [-0.3, -0.25) is 4.79 Å². The van der Waals surface area contributed by atoms with E-state index in [1.54, 1.807) is 6.33 Å². The monoisotopic (exact) mass is 261 g/mol. The molecule has 0 radical (unpaired) electrons. The van der Waals surface area contributed by atoms with Crippen LogP contribution in [0, 0.1) is 6.92 Å². The Morgan fingerprint density at radius 1 is 1.37 bits per heavy atom. The van der Waals surface area contributed by atoms with E-state index in [-0.39, 0.29) is 0 Å². The van der Waals surface area contributed by atoms with Crippen molar-refractivity contribution in [3.63, 3.8) is 0 Å². The maximum absolute atomic E-state index is 11.7. The summed E-state index contributed by atoms with van der Waals surface area (Å²) in [5, 5.41) is 3.09. The van der Waals surface area contributed by atoms with Crippen LogP contribution in [0.15, 0.2) is 6.33 Å². The second-order valence-electron chi connectivity index (χ2n) is 5.15. The van der Waals surface area contributed by atoms with Crippen molar-refractivity contribution in [3.8, 4) is 0 Å². The van der Waals surface area contributed by atoms with Gasteiger partial charge in [-0.05, 0) is 13.3 Å². The van der Waals surface area contributed by atoms with Crippen LogP contribution in [0.25, 0.3) is 0 Å².